The Balaban J connectivity index is 1.87. The normalized spacial score (nSPS) is 11.6. The smallest absolute Gasteiger partial charge is 0.208 e. The maximum absolute atomic E-state index is 5.29. The van der Waals surface area contributed by atoms with Crippen molar-refractivity contribution < 1.29 is 0 Å². The summed E-state index contributed by atoms with van der Waals surface area (Å²) in [5, 5.41) is 7.17. The largest absolute Gasteiger partial charge is 0.369 e. The van der Waals surface area contributed by atoms with E-state index in [0.29, 0.717) is 5.70 Å². The van der Waals surface area contributed by atoms with Gasteiger partial charge in [-0.3, -0.25) is 5.43 Å². The fraction of sp³-hybridized carbons (Fsp3) is 0. The molecular weight excluding hydrogens is 282 g/mol. The highest BCUT2D eigenvalue weighted by Crippen LogP contribution is 2.44. The van der Waals surface area contributed by atoms with Gasteiger partial charge in [0.1, 0.15) is 0 Å². The Morgan fingerprint density at radius 1 is 1.10 bits per heavy atom. The van der Waals surface area contributed by atoms with Gasteiger partial charge >= 0.3 is 0 Å². The lowest BCUT2D eigenvalue weighted by Gasteiger charge is -2.21. The molecular formula is C15H15N5S. The molecule has 106 valence electrons. The summed E-state index contributed by atoms with van der Waals surface area (Å²) < 4.78 is 0. The van der Waals surface area contributed by atoms with E-state index in [9.17, 15) is 0 Å². The first-order valence-electron chi connectivity index (χ1n) is 6.35. The second kappa shape index (κ2) is 5.41. The van der Waals surface area contributed by atoms with Crippen LogP contribution in [0.3, 0.4) is 0 Å². The number of nitrogens with one attached hydrogen (secondary N) is 2. The number of benzene rings is 2. The van der Waals surface area contributed by atoms with Gasteiger partial charge in [0.15, 0.2) is 0 Å². The number of rotatable bonds is 3. The van der Waals surface area contributed by atoms with Gasteiger partial charge in [0.2, 0.25) is 5.96 Å². The topological polar surface area (TPSA) is 88.5 Å². The second-order valence-corrected chi connectivity index (χ2v) is 5.64. The van der Waals surface area contributed by atoms with Gasteiger partial charge in [-0.1, -0.05) is 36.5 Å². The Kier molecular flexibility index (Phi) is 3.45. The molecule has 0 saturated carbocycles. The second-order valence-electron chi connectivity index (χ2n) is 4.56. The number of nitrogens with two attached hydrogens (primary N) is 2. The van der Waals surface area contributed by atoms with Crippen LogP contribution in [-0.2, 0) is 0 Å². The number of guanidine groups is 1. The van der Waals surface area contributed by atoms with Crippen molar-refractivity contribution in [3.05, 3.63) is 54.6 Å². The Bertz CT molecular complexity index is 735. The van der Waals surface area contributed by atoms with E-state index < -0.39 is 0 Å². The van der Waals surface area contributed by atoms with Crippen molar-refractivity contribution in [2.24, 2.45) is 16.6 Å². The molecule has 0 fully saturated rings. The zero-order chi connectivity index (χ0) is 14.8. The first-order chi connectivity index (χ1) is 10.1. The van der Waals surface area contributed by atoms with Crippen LogP contribution < -0.4 is 22.2 Å². The van der Waals surface area contributed by atoms with E-state index in [2.05, 4.69) is 40.6 Å². The number of fused-ring (bicyclic) bond motifs is 2. The van der Waals surface area contributed by atoms with Crippen molar-refractivity contribution in [1.29, 1.82) is 0 Å². The molecule has 0 atom stereocenters. The lowest BCUT2D eigenvalue weighted by atomic mass is 10.1. The molecule has 1 aliphatic rings. The predicted molar refractivity (Wildman–Crippen MR) is 88.3 cm³/mol. The minimum Gasteiger partial charge on any atom is -0.369 e. The van der Waals surface area contributed by atoms with Crippen LogP contribution in [0.5, 0.6) is 0 Å². The molecule has 2 aromatic rings. The average Bonchev–Trinajstić information content (AvgIpc) is 2.50. The summed E-state index contributed by atoms with van der Waals surface area (Å²) in [6.07, 6.45) is 0. The van der Waals surface area contributed by atoms with Crippen LogP contribution in [0.25, 0.3) is 5.70 Å². The molecule has 0 aromatic heterocycles. The van der Waals surface area contributed by atoms with Crippen LogP contribution in [0, 0.1) is 0 Å². The fourth-order valence-electron chi connectivity index (χ4n) is 2.02. The van der Waals surface area contributed by atoms with E-state index in [-0.39, 0.29) is 5.96 Å². The van der Waals surface area contributed by atoms with Crippen molar-refractivity contribution in [2.45, 2.75) is 9.79 Å². The molecule has 0 aliphatic carbocycles. The average molecular weight is 297 g/mol. The molecule has 0 spiro atoms. The Morgan fingerprint density at radius 2 is 1.86 bits per heavy atom. The quantitative estimate of drug-likeness (QED) is 0.339. The van der Waals surface area contributed by atoms with Crippen LogP contribution in [0.2, 0.25) is 0 Å². The van der Waals surface area contributed by atoms with Crippen molar-refractivity contribution in [2.75, 3.05) is 5.32 Å². The molecule has 1 heterocycles. The number of para-hydroxylation sites is 1. The SMILES string of the molecule is C=C(NN=C(N)N)c1ccc2c(c1)Nc1ccccc1S2. The minimum atomic E-state index is -0.0308. The summed E-state index contributed by atoms with van der Waals surface area (Å²) in [4.78, 5) is 2.39. The summed E-state index contributed by atoms with van der Waals surface area (Å²) in [7, 11) is 0. The van der Waals surface area contributed by atoms with Crippen molar-refractivity contribution in [3.8, 4) is 0 Å². The minimum absolute atomic E-state index is 0.0308. The van der Waals surface area contributed by atoms with E-state index in [1.165, 1.54) is 9.79 Å². The van der Waals surface area contributed by atoms with Crippen molar-refractivity contribution in [1.82, 2.24) is 5.43 Å². The molecule has 0 saturated heterocycles. The van der Waals surface area contributed by atoms with E-state index in [1.807, 2.05) is 24.3 Å². The molecule has 3 rings (SSSR count). The maximum atomic E-state index is 5.29. The Hall–Kier alpha value is -2.60. The summed E-state index contributed by atoms with van der Waals surface area (Å²) in [5.74, 6) is -0.0308. The molecule has 0 unspecified atom stereocenters. The van der Waals surface area contributed by atoms with Crippen molar-refractivity contribution >= 4 is 34.8 Å². The first kappa shape index (κ1) is 13.4. The summed E-state index contributed by atoms with van der Waals surface area (Å²) in [5.41, 5.74) is 17.0. The van der Waals surface area contributed by atoms with Gasteiger partial charge in [0, 0.05) is 15.4 Å². The summed E-state index contributed by atoms with van der Waals surface area (Å²) in [6.45, 7) is 3.93. The standard InChI is InChI=1S/C15H15N5S/c1-9(19-20-15(16)17)10-6-7-14-12(8-10)18-11-4-2-3-5-13(11)21-14/h2-8,18-19H,1H2,(H4,16,17,20). The lowest BCUT2D eigenvalue weighted by molar-refractivity contribution is 0.982. The van der Waals surface area contributed by atoms with Gasteiger partial charge in [0.25, 0.3) is 0 Å². The van der Waals surface area contributed by atoms with E-state index >= 15 is 0 Å². The third kappa shape index (κ3) is 2.80. The van der Waals surface area contributed by atoms with Gasteiger partial charge in [-0.15, -0.1) is 5.10 Å². The predicted octanol–water partition coefficient (Wildman–Crippen LogP) is 2.64. The van der Waals surface area contributed by atoms with Crippen LogP contribution in [0.4, 0.5) is 11.4 Å². The van der Waals surface area contributed by atoms with Gasteiger partial charge in [0.05, 0.1) is 17.1 Å². The van der Waals surface area contributed by atoms with E-state index in [0.717, 1.165) is 16.9 Å². The number of hydrogen-bond acceptors (Lipinski definition) is 4. The van der Waals surface area contributed by atoms with Gasteiger partial charge in [-0.25, -0.2) is 0 Å². The fourth-order valence-corrected chi connectivity index (χ4v) is 2.99. The Morgan fingerprint density at radius 3 is 2.67 bits per heavy atom. The van der Waals surface area contributed by atoms with Gasteiger partial charge in [-0.2, -0.15) is 0 Å². The summed E-state index contributed by atoms with van der Waals surface area (Å²) in [6, 6.07) is 14.3. The molecule has 6 heteroatoms. The number of anilines is 2. The molecule has 6 N–H and O–H groups in total. The molecule has 0 bridgehead atoms. The lowest BCUT2D eigenvalue weighted by Crippen LogP contribution is -2.25. The molecule has 2 aromatic carbocycles. The molecule has 21 heavy (non-hydrogen) atoms. The highest BCUT2D eigenvalue weighted by Gasteiger charge is 2.15. The van der Waals surface area contributed by atoms with Crippen LogP contribution in [0.15, 0.2) is 63.9 Å². The van der Waals surface area contributed by atoms with Crippen molar-refractivity contribution in [3.63, 3.8) is 0 Å². The summed E-state index contributed by atoms with van der Waals surface area (Å²) >= 11 is 1.74. The highest BCUT2D eigenvalue weighted by atomic mass is 32.2. The number of hydrogen-bond donors (Lipinski definition) is 4. The highest BCUT2D eigenvalue weighted by molar-refractivity contribution is 7.99. The molecule has 5 nitrogen and oxygen atoms in total. The molecule has 0 radical (unpaired) electrons. The number of hydrazone groups is 1. The zero-order valence-electron chi connectivity index (χ0n) is 11.3. The zero-order valence-corrected chi connectivity index (χ0v) is 12.1. The van der Waals surface area contributed by atoms with Crippen LogP contribution >= 0.6 is 11.8 Å². The first-order valence-corrected chi connectivity index (χ1v) is 7.17. The third-order valence-electron chi connectivity index (χ3n) is 3.02. The van der Waals surface area contributed by atoms with Gasteiger partial charge in [-0.05, 0) is 24.3 Å². The maximum Gasteiger partial charge on any atom is 0.208 e. The third-order valence-corrected chi connectivity index (χ3v) is 4.18. The van der Waals surface area contributed by atoms with Crippen LogP contribution in [0.1, 0.15) is 5.56 Å². The van der Waals surface area contributed by atoms with E-state index in [4.69, 9.17) is 11.5 Å². The van der Waals surface area contributed by atoms with Gasteiger partial charge < -0.3 is 16.8 Å². The van der Waals surface area contributed by atoms with E-state index in [1.54, 1.807) is 11.8 Å². The number of nitrogens with zero attached hydrogens (tertiary/aromatic N) is 1. The van der Waals surface area contributed by atoms with Crippen LogP contribution in [-0.4, -0.2) is 5.96 Å². The molecule has 0 amide bonds. The Labute approximate surface area is 127 Å². The molecule has 1 aliphatic heterocycles. The monoisotopic (exact) mass is 297 g/mol.